The molecule has 0 saturated carbocycles. The Balaban J connectivity index is 2.09. The number of nitrogens with two attached hydrogens (primary N) is 1. The molecule has 110 valence electrons. The summed E-state index contributed by atoms with van der Waals surface area (Å²) in [5.41, 5.74) is 9.82. The van der Waals surface area contributed by atoms with E-state index in [-0.39, 0.29) is 6.03 Å². The number of ether oxygens (including phenoxy) is 1. The van der Waals surface area contributed by atoms with Crippen LogP contribution in [-0.2, 0) is 0 Å². The molecule has 0 radical (unpaired) electrons. The number of benzene rings is 2. The van der Waals surface area contributed by atoms with E-state index in [4.69, 9.17) is 10.5 Å². The van der Waals surface area contributed by atoms with E-state index in [9.17, 15) is 4.79 Å². The second-order valence-electron chi connectivity index (χ2n) is 4.83. The van der Waals surface area contributed by atoms with Gasteiger partial charge in [0.1, 0.15) is 5.75 Å². The van der Waals surface area contributed by atoms with Crippen LogP contribution in [0.15, 0.2) is 36.4 Å². The van der Waals surface area contributed by atoms with Gasteiger partial charge in [0, 0.05) is 23.1 Å². The van der Waals surface area contributed by atoms with Crippen LogP contribution in [0.25, 0.3) is 0 Å². The second kappa shape index (κ2) is 6.17. The van der Waals surface area contributed by atoms with E-state index in [0.717, 1.165) is 11.1 Å². The molecule has 0 aliphatic heterocycles. The summed E-state index contributed by atoms with van der Waals surface area (Å²) >= 11 is 0. The van der Waals surface area contributed by atoms with E-state index in [0.29, 0.717) is 22.8 Å². The van der Waals surface area contributed by atoms with Crippen molar-refractivity contribution in [1.82, 2.24) is 0 Å². The zero-order chi connectivity index (χ0) is 15.4. The number of rotatable bonds is 3. The lowest BCUT2D eigenvalue weighted by Crippen LogP contribution is -2.20. The molecular weight excluding hydrogens is 266 g/mol. The summed E-state index contributed by atoms with van der Waals surface area (Å²) < 4.78 is 5.11. The Morgan fingerprint density at radius 3 is 2.57 bits per heavy atom. The number of carbonyl (C=O) groups is 1. The van der Waals surface area contributed by atoms with E-state index in [1.54, 1.807) is 25.3 Å². The molecule has 0 aliphatic rings. The zero-order valence-electron chi connectivity index (χ0n) is 12.4. The van der Waals surface area contributed by atoms with E-state index in [1.807, 2.05) is 32.0 Å². The number of nitrogen functional groups attached to an aromatic ring is 1. The second-order valence-corrected chi connectivity index (χ2v) is 4.83. The first-order valence-corrected chi connectivity index (χ1v) is 6.58. The molecule has 0 unspecified atom stereocenters. The third-order valence-corrected chi connectivity index (χ3v) is 3.19. The summed E-state index contributed by atoms with van der Waals surface area (Å²) in [7, 11) is 1.58. The van der Waals surface area contributed by atoms with Crippen molar-refractivity contribution in [3.05, 3.63) is 47.5 Å². The Labute approximate surface area is 124 Å². The summed E-state index contributed by atoms with van der Waals surface area (Å²) in [5.74, 6) is 0.684. The van der Waals surface area contributed by atoms with Crippen molar-refractivity contribution < 1.29 is 9.53 Å². The molecule has 2 aromatic carbocycles. The van der Waals surface area contributed by atoms with E-state index in [1.165, 1.54) is 0 Å². The van der Waals surface area contributed by atoms with Gasteiger partial charge in [-0.05, 0) is 43.2 Å². The van der Waals surface area contributed by atoms with E-state index >= 15 is 0 Å². The van der Waals surface area contributed by atoms with Crippen LogP contribution in [0.2, 0.25) is 0 Å². The zero-order valence-corrected chi connectivity index (χ0v) is 12.4. The number of anilines is 3. The molecular formula is C16H19N3O2. The summed E-state index contributed by atoms with van der Waals surface area (Å²) in [5, 5.41) is 5.55. The lowest BCUT2D eigenvalue weighted by atomic mass is 10.1. The van der Waals surface area contributed by atoms with Crippen molar-refractivity contribution in [2.24, 2.45) is 0 Å². The predicted octanol–water partition coefficient (Wildman–Crippen LogP) is 3.54. The van der Waals surface area contributed by atoms with Crippen LogP contribution in [0.3, 0.4) is 0 Å². The molecule has 2 aromatic rings. The SMILES string of the molecule is COc1cccc(NC(=O)Nc2cc(N)c(C)cc2C)c1. The van der Waals surface area contributed by atoms with Crippen LogP contribution in [0, 0.1) is 13.8 Å². The van der Waals surface area contributed by atoms with Gasteiger partial charge in [-0.2, -0.15) is 0 Å². The van der Waals surface area contributed by atoms with Gasteiger partial charge in [-0.25, -0.2) is 4.79 Å². The summed E-state index contributed by atoms with van der Waals surface area (Å²) in [6.45, 7) is 3.86. The quantitative estimate of drug-likeness (QED) is 0.755. The Kier molecular flexibility index (Phi) is 4.33. The number of aryl methyl sites for hydroxylation is 2. The minimum absolute atomic E-state index is 0.324. The fraction of sp³-hybridized carbons (Fsp3) is 0.188. The number of hydrogen-bond acceptors (Lipinski definition) is 3. The van der Waals surface area contributed by atoms with Crippen LogP contribution in [0.4, 0.5) is 21.9 Å². The van der Waals surface area contributed by atoms with Crippen molar-refractivity contribution in [2.45, 2.75) is 13.8 Å². The number of hydrogen-bond donors (Lipinski definition) is 3. The van der Waals surface area contributed by atoms with Crippen LogP contribution in [0.1, 0.15) is 11.1 Å². The highest BCUT2D eigenvalue weighted by atomic mass is 16.5. The Morgan fingerprint density at radius 1 is 1.10 bits per heavy atom. The highest BCUT2D eigenvalue weighted by molar-refractivity contribution is 6.00. The van der Waals surface area contributed by atoms with Crippen LogP contribution in [-0.4, -0.2) is 13.1 Å². The first-order chi connectivity index (χ1) is 9.99. The van der Waals surface area contributed by atoms with Gasteiger partial charge in [0.25, 0.3) is 0 Å². The fourth-order valence-electron chi connectivity index (χ4n) is 1.99. The first kappa shape index (κ1) is 14.7. The lowest BCUT2D eigenvalue weighted by molar-refractivity contribution is 0.262. The van der Waals surface area contributed by atoms with Crippen LogP contribution in [0.5, 0.6) is 5.75 Å². The summed E-state index contributed by atoms with van der Waals surface area (Å²) in [4.78, 5) is 12.0. The van der Waals surface area contributed by atoms with Crippen molar-refractivity contribution in [3.63, 3.8) is 0 Å². The third-order valence-electron chi connectivity index (χ3n) is 3.19. The van der Waals surface area contributed by atoms with E-state index < -0.39 is 0 Å². The molecule has 0 aliphatic carbocycles. The molecule has 2 rings (SSSR count). The number of nitrogens with one attached hydrogen (secondary N) is 2. The van der Waals surface area contributed by atoms with Gasteiger partial charge in [0.15, 0.2) is 0 Å². The minimum Gasteiger partial charge on any atom is -0.497 e. The van der Waals surface area contributed by atoms with Crippen LogP contribution < -0.4 is 21.1 Å². The van der Waals surface area contributed by atoms with Crippen molar-refractivity contribution in [3.8, 4) is 5.75 Å². The monoisotopic (exact) mass is 285 g/mol. The van der Waals surface area contributed by atoms with Crippen LogP contribution >= 0.6 is 0 Å². The highest BCUT2D eigenvalue weighted by Crippen LogP contribution is 2.23. The van der Waals surface area contributed by atoms with Gasteiger partial charge in [0.2, 0.25) is 0 Å². The van der Waals surface area contributed by atoms with Gasteiger partial charge in [-0.1, -0.05) is 12.1 Å². The predicted molar refractivity (Wildman–Crippen MR) is 86.0 cm³/mol. The van der Waals surface area contributed by atoms with Gasteiger partial charge in [-0.3, -0.25) is 0 Å². The molecule has 4 N–H and O–H groups in total. The Hall–Kier alpha value is -2.69. The number of carbonyl (C=O) groups excluding carboxylic acids is 1. The maximum Gasteiger partial charge on any atom is 0.323 e. The highest BCUT2D eigenvalue weighted by Gasteiger charge is 2.07. The fourth-order valence-corrected chi connectivity index (χ4v) is 1.99. The number of methoxy groups -OCH3 is 1. The number of amides is 2. The lowest BCUT2D eigenvalue weighted by Gasteiger charge is -2.12. The molecule has 0 spiro atoms. The molecule has 0 aromatic heterocycles. The first-order valence-electron chi connectivity index (χ1n) is 6.58. The molecule has 5 nitrogen and oxygen atoms in total. The molecule has 5 heteroatoms. The van der Waals surface area contributed by atoms with E-state index in [2.05, 4.69) is 10.6 Å². The smallest absolute Gasteiger partial charge is 0.323 e. The Bertz CT molecular complexity index is 669. The maximum absolute atomic E-state index is 12.0. The molecule has 21 heavy (non-hydrogen) atoms. The largest absolute Gasteiger partial charge is 0.497 e. The average molecular weight is 285 g/mol. The van der Waals surface area contributed by atoms with Gasteiger partial charge in [0.05, 0.1) is 7.11 Å². The maximum atomic E-state index is 12.0. The minimum atomic E-state index is -0.324. The van der Waals surface area contributed by atoms with Crippen molar-refractivity contribution >= 4 is 23.1 Å². The normalized spacial score (nSPS) is 10.0. The van der Waals surface area contributed by atoms with Gasteiger partial charge in [-0.15, -0.1) is 0 Å². The van der Waals surface area contributed by atoms with Crippen molar-refractivity contribution in [2.75, 3.05) is 23.5 Å². The van der Waals surface area contributed by atoms with Gasteiger partial charge >= 0.3 is 6.03 Å². The molecule has 0 atom stereocenters. The third kappa shape index (κ3) is 3.66. The standard InChI is InChI=1S/C16H19N3O2/c1-10-7-11(2)15(9-14(10)17)19-16(20)18-12-5-4-6-13(8-12)21-3/h4-9H,17H2,1-3H3,(H2,18,19,20). The molecule has 0 saturated heterocycles. The van der Waals surface area contributed by atoms with Gasteiger partial charge < -0.3 is 21.1 Å². The number of urea groups is 1. The molecule has 0 bridgehead atoms. The molecule has 0 fully saturated rings. The van der Waals surface area contributed by atoms with Crippen molar-refractivity contribution in [1.29, 1.82) is 0 Å². The summed E-state index contributed by atoms with van der Waals surface area (Å²) in [6, 6.07) is 10.5. The molecule has 0 heterocycles. The topological polar surface area (TPSA) is 76.4 Å². The summed E-state index contributed by atoms with van der Waals surface area (Å²) in [6.07, 6.45) is 0. The Morgan fingerprint density at radius 2 is 1.86 bits per heavy atom. The average Bonchev–Trinajstić information content (AvgIpc) is 2.45. The molecule has 2 amide bonds.